The first kappa shape index (κ1) is 14.9. The lowest BCUT2D eigenvalue weighted by Gasteiger charge is -2.18. The van der Waals surface area contributed by atoms with Crippen molar-refractivity contribution in [3.8, 4) is 22.9 Å². The Kier molecular flexibility index (Phi) is 4.00. The predicted octanol–water partition coefficient (Wildman–Crippen LogP) is 3.38. The highest BCUT2D eigenvalue weighted by Gasteiger charge is 2.16. The van der Waals surface area contributed by atoms with E-state index in [0.717, 1.165) is 5.56 Å². The molecule has 0 saturated heterocycles. The van der Waals surface area contributed by atoms with Gasteiger partial charge in [-0.2, -0.15) is 16.3 Å². The van der Waals surface area contributed by atoms with E-state index in [0.29, 0.717) is 54.8 Å². The fraction of sp³-hybridized carbons (Fsp3) is 0.235. The standard InChI is InChI=1S/C17H14N2O4S/c20-13(11-1-3-14-15(9-11)22-7-6-21-14)2-4-16-18-17(19-23-16)12-5-8-24-10-12/h1,3,5,8-10H,2,4,6-7H2. The van der Waals surface area contributed by atoms with E-state index in [4.69, 9.17) is 14.0 Å². The van der Waals surface area contributed by atoms with E-state index < -0.39 is 0 Å². The molecule has 3 heterocycles. The summed E-state index contributed by atoms with van der Waals surface area (Å²) >= 11 is 1.57. The van der Waals surface area contributed by atoms with Crippen LogP contribution in [0.3, 0.4) is 0 Å². The third-order valence-electron chi connectivity index (χ3n) is 3.68. The molecule has 0 spiro atoms. The summed E-state index contributed by atoms with van der Waals surface area (Å²) in [6, 6.07) is 7.17. The molecule has 2 aromatic heterocycles. The number of fused-ring (bicyclic) bond motifs is 1. The zero-order valence-corrected chi connectivity index (χ0v) is 13.5. The number of carbonyl (C=O) groups excluding carboxylic acids is 1. The van der Waals surface area contributed by atoms with Gasteiger partial charge in [0.2, 0.25) is 11.7 Å². The summed E-state index contributed by atoms with van der Waals surface area (Å²) in [5.41, 5.74) is 1.52. The maximum absolute atomic E-state index is 12.4. The zero-order valence-electron chi connectivity index (χ0n) is 12.7. The van der Waals surface area contributed by atoms with Gasteiger partial charge in [-0.1, -0.05) is 5.16 Å². The van der Waals surface area contributed by atoms with Crippen LogP contribution in [-0.4, -0.2) is 29.1 Å². The van der Waals surface area contributed by atoms with E-state index >= 15 is 0 Å². The van der Waals surface area contributed by atoms with Gasteiger partial charge in [-0.25, -0.2) is 0 Å². The van der Waals surface area contributed by atoms with E-state index in [9.17, 15) is 4.79 Å². The van der Waals surface area contributed by atoms with Gasteiger partial charge in [-0.15, -0.1) is 0 Å². The quantitative estimate of drug-likeness (QED) is 0.662. The third-order valence-corrected chi connectivity index (χ3v) is 4.36. The molecule has 0 fully saturated rings. The van der Waals surface area contributed by atoms with Gasteiger partial charge in [0.1, 0.15) is 13.2 Å². The first-order valence-corrected chi connectivity index (χ1v) is 8.52. The number of benzene rings is 1. The molecule has 0 amide bonds. The van der Waals surface area contributed by atoms with Crippen molar-refractivity contribution < 1.29 is 18.8 Å². The first-order valence-electron chi connectivity index (χ1n) is 7.57. The molecule has 0 atom stereocenters. The maximum atomic E-state index is 12.4. The lowest BCUT2D eigenvalue weighted by molar-refractivity contribution is 0.0978. The van der Waals surface area contributed by atoms with Crippen LogP contribution in [0.4, 0.5) is 0 Å². The van der Waals surface area contributed by atoms with E-state index in [2.05, 4.69) is 10.1 Å². The molecule has 24 heavy (non-hydrogen) atoms. The number of aryl methyl sites for hydroxylation is 1. The van der Waals surface area contributed by atoms with E-state index in [-0.39, 0.29) is 5.78 Å². The van der Waals surface area contributed by atoms with Crippen LogP contribution >= 0.6 is 11.3 Å². The number of ether oxygens (including phenoxy) is 2. The fourth-order valence-electron chi connectivity index (χ4n) is 2.45. The summed E-state index contributed by atoms with van der Waals surface area (Å²) in [6.07, 6.45) is 0.704. The van der Waals surface area contributed by atoms with Crippen LogP contribution in [-0.2, 0) is 6.42 Å². The van der Waals surface area contributed by atoms with Gasteiger partial charge in [0, 0.05) is 29.3 Å². The predicted molar refractivity (Wildman–Crippen MR) is 87.7 cm³/mol. The van der Waals surface area contributed by atoms with Crippen LogP contribution in [0.5, 0.6) is 11.5 Å². The van der Waals surface area contributed by atoms with Gasteiger partial charge in [-0.05, 0) is 29.6 Å². The van der Waals surface area contributed by atoms with Crippen molar-refractivity contribution in [2.45, 2.75) is 12.8 Å². The van der Waals surface area contributed by atoms with Gasteiger partial charge < -0.3 is 14.0 Å². The van der Waals surface area contributed by atoms with E-state index in [1.165, 1.54) is 0 Å². The summed E-state index contributed by atoms with van der Waals surface area (Å²) in [6.45, 7) is 1.03. The molecule has 0 bridgehead atoms. The monoisotopic (exact) mass is 342 g/mol. The Labute approximate surface area is 142 Å². The number of thiophene rings is 1. The lowest BCUT2D eigenvalue weighted by atomic mass is 10.1. The zero-order chi connectivity index (χ0) is 16.4. The normalized spacial score (nSPS) is 13.0. The molecule has 1 aliphatic heterocycles. The molecule has 0 N–H and O–H groups in total. The third kappa shape index (κ3) is 3.03. The van der Waals surface area contributed by atoms with Gasteiger partial charge in [-0.3, -0.25) is 4.79 Å². The Bertz CT molecular complexity index is 857. The van der Waals surface area contributed by atoms with Crippen molar-refractivity contribution >= 4 is 17.1 Å². The van der Waals surface area contributed by atoms with Crippen molar-refractivity contribution in [1.29, 1.82) is 0 Å². The lowest BCUT2D eigenvalue weighted by Crippen LogP contribution is -2.15. The molecule has 7 heteroatoms. The summed E-state index contributed by atoms with van der Waals surface area (Å²) in [5, 5.41) is 7.85. The first-order chi connectivity index (χ1) is 11.8. The molecule has 0 saturated carbocycles. The average molecular weight is 342 g/mol. The molecule has 122 valence electrons. The largest absolute Gasteiger partial charge is 0.486 e. The molecule has 1 aromatic carbocycles. The minimum absolute atomic E-state index is 0.00209. The Morgan fingerprint density at radius 2 is 2.04 bits per heavy atom. The SMILES string of the molecule is O=C(CCc1nc(-c2ccsc2)no1)c1ccc2c(c1)OCCO2. The fourth-order valence-corrected chi connectivity index (χ4v) is 3.08. The number of rotatable bonds is 5. The number of Topliss-reactive ketones (excluding diaryl/α,β-unsaturated/α-hetero) is 1. The summed E-state index contributed by atoms with van der Waals surface area (Å²) in [5.74, 6) is 2.31. The van der Waals surface area contributed by atoms with Crippen LogP contribution in [0.2, 0.25) is 0 Å². The van der Waals surface area contributed by atoms with Crippen LogP contribution in [0.15, 0.2) is 39.5 Å². The van der Waals surface area contributed by atoms with Gasteiger partial charge >= 0.3 is 0 Å². The van der Waals surface area contributed by atoms with Crippen molar-refractivity contribution in [2.24, 2.45) is 0 Å². The molecular weight excluding hydrogens is 328 g/mol. The van der Waals surface area contributed by atoms with Crippen molar-refractivity contribution in [1.82, 2.24) is 10.1 Å². The van der Waals surface area contributed by atoms with Crippen molar-refractivity contribution in [3.05, 3.63) is 46.5 Å². The number of ketones is 1. The summed E-state index contributed by atoms with van der Waals surface area (Å²) in [7, 11) is 0. The maximum Gasteiger partial charge on any atom is 0.227 e. The van der Waals surface area contributed by atoms with Gasteiger partial charge in [0.25, 0.3) is 0 Å². The molecule has 0 aliphatic carbocycles. The Morgan fingerprint density at radius 1 is 1.17 bits per heavy atom. The Hall–Kier alpha value is -2.67. The molecule has 3 aromatic rings. The van der Waals surface area contributed by atoms with Crippen LogP contribution < -0.4 is 9.47 Å². The van der Waals surface area contributed by atoms with Crippen LogP contribution in [0, 0.1) is 0 Å². The number of carbonyl (C=O) groups is 1. The number of hydrogen-bond donors (Lipinski definition) is 0. The number of aromatic nitrogens is 2. The van der Waals surface area contributed by atoms with Crippen LogP contribution in [0.25, 0.3) is 11.4 Å². The Morgan fingerprint density at radius 3 is 2.88 bits per heavy atom. The minimum Gasteiger partial charge on any atom is -0.486 e. The molecule has 6 nitrogen and oxygen atoms in total. The average Bonchev–Trinajstić information content (AvgIpc) is 3.30. The van der Waals surface area contributed by atoms with Crippen molar-refractivity contribution in [2.75, 3.05) is 13.2 Å². The van der Waals surface area contributed by atoms with Gasteiger partial charge in [0.15, 0.2) is 17.3 Å². The second kappa shape index (κ2) is 6.45. The highest BCUT2D eigenvalue weighted by atomic mass is 32.1. The smallest absolute Gasteiger partial charge is 0.227 e. The second-order valence-electron chi connectivity index (χ2n) is 5.31. The highest BCUT2D eigenvalue weighted by molar-refractivity contribution is 7.08. The van der Waals surface area contributed by atoms with Crippen LogP contribution in [0.1, 0.15) is 22.7 Å². The molecular formula is C17H14N2O4S. The van der Waals surface area contributed by atoms with E-state index in [1.807, 2.05) is 16.8 Å². The molecule has 0 unspecified atom stereocenters. The topological polar surface area (TPSA) is 74.5 Å². The minimum atomic E-state index is 0.00209. The Balaban J connectivity index is 1.41. The molecule has 4 rings (SSSR count). The highest BCUT2D eigenvalue weighted by Crippen LogP contribution is 2.31. The second-order valence-corrected chi connectivity index (χ2v) is 6.09. The number of nitrogens with zero attached hydrogens (tertiary/aromatic N) is 2. The van der Waals surface area contributed by atoms with Crippen molar-refractivity contribution in [3.63, 3.8) is 0 Å². The molecule has 1 aliphatic rings. The van der Waals surface area contributed by atoms with E-state index in [1.54, 1.807) is 29.5 Å². The van der Waals surface area contributed by atoms with Gasteiger partial charge in [0.05, 0.1) is 0 Å². The number of hydrogen-bond acceptors (Lipinski definition) is 7. The summed E-state index contributed by atoms with van der Waals surface area (Å²) < 4.78 is 16.2. The molecule has 0 radical (unpaired) electrons. The summed E-state index contributed by atoms with van der Waals surface area (Å²) in [4.78, 5) is 16.7.